The van der Waals surface area contributed by atoms with Crippen LogP contribution in [0.1, 0.15) is 37.0 Å². The molecular weight excluding hydrogens is 266 g/mol. The molecule has 3 rings (SSSR count). The predicted octanol–water partition coefficient (Wildman–Crippen LogP) is 3.53. The summed E-state index contributed by atoms with van der Waals surface area (Å²) >= 11 is 7.63. The summed E-state index contributed by atoms with van der Waals surface area (Å²) in [5, 5.41) is 0. The van der Waals surface area contributed by atoms with Gasteiger partial charge in [-0.05, 0) is 31.4 Å². The van der Waals surface area contributed by atoms with E-state index in [0.717, 1.165) is 30.1 Å². The lowest BCUT2D eigenvalue weighted by Gasteiger charge is -2.45. The first kappa shape index (κ1) is 12.6. The van der Waals surface area contributed by atoms with Crippen LogP contribution in [0.4, 0.5) is 0 Å². The molecule has 0 amide bonds. The number of hydrogen-bond donors (Lipinski definition) is 0. The zero-order valence-electron chi connectivity index (χ0n) is 10.4. The molecule has 18 heavy (non-hydrogen) atoms. The van der Waals surface area contributed by atoms with Crippen molar-refractivity contribution in [2.45, 2.75) is 50.6 Å². The number of thiophene rings is 1. The van der Waals surface area contributed by atoms with Gasteiger partial charge in [0.25, 0.3) is 0 Å². The van der Waals surface area contributed by atoms with E-state index in [2.05, 4.69) is 11.0 Å². The molecule has 0 radical (unpaired) electrons. The average molecular weight is 284 g/mol. The van der Waals surface area contributed by atoms with Crippen LogP contribution < -0.4 is 0 Å². The summed E-state index contributed by atoms with van der Waals surface area (Å²) in [6.07, 6.45) is 6.33. The van der Waals surface area contributed by atoms with E-state index in [1.165, 1.54) is 24.1 Å². The average Bonchev–Trinajstić information content (AvgIpc) is 2.72. The van der Waals surface area contributed by atoms with Crippen LogP contribution in [0.5, 0.6) is 0 Å². The lowest BCUT2D eigenvalue weighted by Crippen LogP contribution is -2.52. The summed E-state index contributed by atoms with van der Waals surface area (Å²) in [5.74, 6) is 0.472. The Bertz CT molecular complexity index is 429. The van der Waals surface area contributed by atoms with Crippen LogP contribution in [0.25, 0.3) is 0 Å². The third-order valence-electron chi connectivity index (χ3n) is 4.18. The number of piperidine rings is 2. The number of fused-ring (bicyclic) bond motifs is 2. The molecule has 2 unspecified atom stereocenters. The SMILES string of the molecule is O=C1CC2CCCC(C1)N2CCc1ccc(Cl)s1. The molecular formula is C14H18ClNOS. The van der Waals surface area contributed by atoms with Crippen LogP contribution in [-0.2, 0) is 11.2 Å². The van der Waals surface area contributed by atoms with E-state index in [9.17, 15) is 4.79 Å². The Morgan fingerprint density at radius 1 is 1.28 bits per heavy atom. The van der Waals surface area contributed by atoms with Crippen molar-refractivity contribution in [2.24, 2.45) is 0 Å². The molecule has 2 aliphatic rings. The van der Waals surface area contributed by atoms with Gasteiger partial charge in [-0.25, -0.2) is 0 Å². The minimum Gasteiger partial charge on any atom is -0.300 e. The van der Waals surface area contributed by atoms with Gasteiger partial charge >= 0.3 is 0 Å². The number of Topliss-reactive ketones (excluding diaryl/α,β-unsaturated/α-hetero) is 1. The van der Waals surface area contributed by atoms with Gasteiger partial charge in [-0.2, -0.15) is 0 Å². The number of carbonyl (C=O) groups is 1. The van der Waals surface area contributed by atoms with Crippen molar-refractivity contribution in [3.05, 3.63) is 21.3 Å². The van der Waals surface area contributed by atoms with Crippen LogP contribution in [0.15, 0.2) is 12.1 Å². The van der Waals surface area contributed by atoms with Crippen molar-refractivity contribution in [3.8, 4) is 0 Å². The van der Waals surface area contributed by atoms with Gasteiger partial charge in [-0.1, -0.05) is 18.0 Å². The highest BCUT2D eigenvalue weighted by atomic mass is 35.5. The van der Waals surface area contributed by atoms with Crippen LogP contribution in [0.3, 0.4) is 0 Å². The van der Waals surface area contributed by atoms with Crippen molar-refractivity contribution in [2.75, 3.05) is 6.54 Å². The van der Waals surface area contributed by atoms with Gasteiger partial charge in [0.05, 0.1) is 4.34 Å². The summed E-state index contributed by atoms with van der Waals surface area (Å²) < 4.78 is 0.874. The van der Waals surface area contributed by atoms with Gasteiger partial charge < -0.3 is 0 Å². The second-order valence-electron chi connectivity index (χ2n) is 5.38. The van der Waals surface area contributed by atoms with E-state index in [1.54, 1.807) is 11.3 Å². The number of hydrogen-bond acceptors (Lipinski definition) is 3. The fourth-order valence-corrected chi connectivity index (χ4v) is 4.43. The lowest BCUT2D eigenvalue weighted by atomic mass is 9.83. The molecule has 3 heterocycles. The number of carbonyl (C=O) groups excluding carboxylic acids is 1. The van der Waals surface area contributed by atoms with Gasteiger partial charge in [0.15, 0.2) is 0 Å². The molecule has 1 aromatic heterocycles. The van der Waals surface area contributed by atoms with Crippen LogP contribution in [0, 0.1) is 0 Å². The fraction of sp³-hybridized carbons (Fsp3) is 0.643. The Kier molecular flexibility index (Phi) is 3.73. The molecule has 0 saturated carbocycles. The van der Waals surface area contributed by atoms with E-state index < -0.39 is 0 Å². The Labute approximate surface area is 117 Å². The van der Waals surface area contributed by atoms with Crippen molar-refractivity contribution in [1.29, 1.82) is 0 Å². The first-order valence-corrected chi connectivity index (χ1v) is 7.93. The number of ketones is 1. The van der Waals surface area contributed by atoms with Crippen molar-refractivity contribution in [3.63, 3.8) is 0 Å². The fourth-order valence-electron chi connectivity index (χ4n) is 3.36. The standard InChI is InChI=1S/C14H18ClNOS/c15-14-5-4-13(18-14)6-7-16-10-2-1-3-11(16)9-12(17)8-10/h4-5,10-11H,1-3,6-9H2. The largest absolute Gasteiger partial charge is 0.300 e. The topological polar surface area (TPSA) is 20.3 Å². The second kappa shape index (κ2) is 5.32. The molecule has 0 N–H and O–H groups in total. The van der Waals surface area contributed by atoms with Crippen molar-refractivity contribution in [1.82, 2.24) is 4.90 Å². The molecule has 0 spiro atoms. The minimum absolute atomic E-state index is 0.472. The highest BCUT2D eigenvalue weighted by Gasteiger charge is 2.36. The quantitative estimate of drug-likeness (QED) is 0.846. The molecule has 98 valence electrons. The third-order valence-corrected chi connectivity index (χ3v) is 5.48. The van der Waals surface area contributed by atoms with Crippen molar-refractivity contribution < 1.29 is 4.79 Å². The molecule has 1 aromatic rings. The Balaban J connectivity index is 1.63. The van der Waals surface area contributed by atoms with Gasteiger partial charge in [-0.3, -0.25) is 9.69 Å². The zero-order chi connectivity index (χ0) is 12.5. The molecule has 0 aromatic carbocycles. The maximum atomic E-state index is 11.7. The lowest BCUT2D eigenvalue weighted by molar-refractivity contribution is -0.127. The number of halogens is 1. The molecule has 2 fully saturated rings. The van der Waals surface area contributed by atoms with E-state index in [4.69, 9.17) is 11.6 Å². The van der Waals surface area contributed by atoms with E-state index in [1.807, 2.05) is 6.07 Å². The van der Waals surface area contributed by atoms with Gasteiger partial charge in [0.2, 0.25) is 0 Å². The van der Waals surface area contributed by atoms with Gasteiger partial charge in [0, 0.05) is 36.3 Å². The van der Waals surface area contributed by atoms with Gasteiger partial charge in [-0.15, -0.1) is 11.3 Å². The van der Waals surface area contributed by atoms with Gasteiger partial charge in [0.1, 0.15) is 5.78 Å². The third kappa shape index (κ3) is 2.63. The molecule has 2 saturated heterocycles. The maximum absolute atomic E-state index is 11.7. The minimum atomic E-state index is 0.472. The normalized spacial score (nSPS) is 28.6. The Morgan fingerprint density at radius 2 is 2.00 bits per heavy atom. The molecule has 2 bridgehead atoms. The molecule has 4 heteroatoms. The molecule has 2 nitrogen and oxygen atoms in total. The van der Waals surface area contributed by atoms with Crippen LogP contribution >= 0.6 is 22.9 Å². The van der Waals surface area contributed by atoms with Crippen molar-refractivity contribution >= 4 is 28.7 Å². The van der Waals surface area contributed by atoms with E-state index >= 15 is 0 Å². The summed E-state index contributed by atoms with van der Waals surface area (Å²) in [6.45, 7) is 1.08. The highest BCUT2D eigenvalue weighted by molar-refractivity contribution is 7.16. The zero-order valence-corrected chi connectivity index (χ0v) is 12.0. The maximum Gasteiger partial charge on any atom is 0.136 e. The molecule has 0 aliphatic carbocycles. The summed E-state index contributed by atoms with van der Waals surface area (Å²) in [4.78, 5) is 15.6. The van der Waals surface area contributed by atoms with Crippen LogP contribution in [-0.4, -0.2) is 29.3 Å². The summed E-state index contributed by atoms with van der Waals surface area (Å²) in [5.41, 5.74) is 0. The first-order valence-electron chi connectivity index (χ1n) is 6.74. The second-order valence-corrected chi connectivity index (χ2v) is 7.18. The summed E-state index contributed by atoms with van der Waals surface area (Å²) in [6, 6.07) is 5.13. The Morgan fingerprint density at radius 3 is 2.61 bits per heavy atom. The van der Waals surface area contributed by atoms with Crippen LogP contribution in [0.2, 0.25) is 4.34 Å². The summed E-state index contributed by atoms with van der Waals surface area (Å²) in [7, 11) is 0. The molecule has 2 aliphatic heterocycles. The smallest absolute Gasteiger partial charge is 0.136 e. The number of rotatable bonds is 3. The first-order chi connectivity index (χ1) is 8.72. The number of nitrogens with zero attached hydrogens (tertiary/aromatic N) is 1. The Hall–Kier alpha value is -0.380. The molecule has 2 atom stereocenters. The van der Waals surface area contributed by atoms with E-state index in [0.29, 0.717) is 17.9 Å². The highest BCUT2D eigenvalue weighted by Crippen LogP contribution is 2.32. The van der Waals surface area contributed by atoms with E-state index in [-0.39, 0.29) is 0 Å². The predicted molar refractivity (Wildman–Crippen MR) is 75.4 cm³/mol. The monoisotopic (exact) mass is 283 g/mol.